The molecule has 24 heavy (non-hydrogen) atoms. The van der Waals surface area contributed by atoms with Gasteiger partial charge in [-0.3, -0.25) is 4.79 Å². The zero-order valence-electron chi connectivity index (χ0n) is 12.0. The highest BCUT2D eigenvalue weighted by Crippen LogP contribution is 2.24. The van der Waals surface area contributed by atoms with Crippen LogP contribution >= 0.6 is 11.6 Å². The summed E-state index contributed by atoms with van der Waals surface area (Å²) in [6.07, 6.45) is -3.49. The van der Waals surface area contributed by atoms with Crippen molar-refractivity contribution in [1.29, 1.82) is 5.26 Å². The number of allylic oxidation sites excluding steroid dienone is 1. The molecule has 0 amide bonds. The smallest absolute Gasteiger partial charge is 0.406 e. The van der Waals surface area contributed by atoms with Gasteiger partial charge in [0.15, 0.2) is 0 Å². The second-order valence-corrected chi connectivity index (χ2v) is 5.00. The highest BCUT2D eigenvalue weighted by molar-refractivity contribution is 6.32. The molecule has 0 saturated carbocycles. The van der Waals surface area contributed by atoms with E-state index in [1.54, 1.807) is 30.3 Å². The van der Waals surface area contributed by atoms with Crippen LogP contribution in [0.3, 0.4) is 0 Å². The summed E-state index contributed by atoms with van der Waals surface area (Å²) >= 11 is 5.97. The third-order valence-corrected chi connectivity index (χ3v) is 3.26. The van der Waals surface area contributed by atoms with Crippen molar-refractivity contribution < 1.29 is 22.7 Å². The number of rotatable bonds is 4. The Morgan fingerprint density at radius 3 is 2.29 bits per heavy atom. The molecule has 7 heteroatoms. The van der Waals surface area contributed by atoms with Gasteiger partial charge in [-0.1, -0.05) is 29.8 Å². The van der Waals surface area contributed by atoms with Gasteiger partial charge in [-0.2, -0.15) is 5.26 Å². The van der Waals surface area contributed by atoms with Crippen molar-refractivity contribution in [3.05, 3.63) is 70.3 Å². The van der Waals surface area contributed by atoms with Gasteiger partial charge in [0.1, 0.15) is 17.4 Å². The summed E-state index contributed by atoms with van der Waals surface area (Å²) in [5.41, 5.74) is 0.359. The van der Waals surface area contributed by atoms with E-state index in [4.69, 9.17) is 16.9 Å². The first-order chi connectivity index (χ1) is 11.3. The molecular weight excluding hydrogens is 343 g/mol. The Labute approximate surface area is 140 Å². The van der Waals surface area contributed by atoms with Crippen molar-refractivity contribution in [2.75, 3.05) is 0 Å². The van der Waals surface area contributed by atoms with Crippen molar-refractivity contribution in [2.45, 2.75) is 6.36 Å². The summed E-state index contributed by atoms with van der Waals surface area (Å²) < 4.78 is 40.1. The van der Waals surface area contributed by atoms with E-state index < -0.39 is 17.9 Å². The first kappa shape index (κ1) is 17.6. The lowest BCUT2D eigenvalue weighted by Crippen LogP contribution is -2.17. The van der Waals surface area contributed by atoms with E-state index in [1.165, 1.54) is 6.08 Å². The van der Waals surface area contributed by atoms with Crippen molar-refractivity contribution in [3.8, 4) is 11.8 Å². The Hall–Kier alpha value is -2.78. The fourth-order valence-corrected chi connectivity index (χ4v) is 2.05. The van der Waals surface area contributed by atoms with E-state index in [1.807, 2.05) is 0 Å². The summed E-state index contributed by atoms with van der Waals surface area (Å²) in [6, 6.07) is 12.7. The van der Waals surface area contributed by atoms with Crippen molar-refractivity contribution in [2.24, 2.45) is 0 Å². The third-order valence-electron chi connectivity index (χ3n) is 2.92. The van der Waals surface area contributed by atoms with E-state index in [2.05, 4.69) is 4.74 Å². The zero-order valence-corrected chi connectivity index (χ0v) is 12.7. The van der Waals surface area contributed by atoms with E-state index in [0.717, 1.165) is 24.3 Å². The molecule has 0 fully saturated rings. The number of hydrogen-bond donors (Lipinski definition) is 0. The molecule has 2 aromatic carbocycles. The molecule has 2 rings (SSSR count). The molecule has 0 radical (unpaired) electrons. The van der Waals surface area contributed by atoms with E-state index >= 15 is 0 Å². The van der Waals surface area contributed by atoms with Gasteiger partial charge in [-0.15, -0.1) is 13.2 Å². The number of ketones is 1. The molecule has 0 N–H and O–H groups in total. The van der Waals surface area contributed by atoms with Crippen LogP contribution in [-0.4, -0.2) is 12.1 Å². The highest BCUT2D eigenvalue weighted by atomic mass is 35.5. The maximum atomic E-state index is 12.3. The van der Waals surface area contributed by atoms with Gasteiger partial charge in [0.25, 0.3) is 0 Å². The summed E-state index contributed by atoms with van der Waals surface area (Å²) in [5, 5.41) is 9.53. The van der Waals surface area contributed by atoms with Gasteiger partial charge in [0.05, 0.1) is 0 Å². The zero-order chi connectivity index (χ0) is 17.7. The Bertz CT molecular complexity index is 821. The molecular formula is C17H9ClF3NO2. The van der Waals surface area contributed by atoms with Crippen LogP contribution in [0.1, 0.15) is 15.9 Å². The Balaban J connectivity index is 2.26. The van der Waals surface area contributed by atoms with Crippen LogP contribution in [0.25, 0.3) is 6.08 Å². The van der Waals surface area contributed by atoms with Crippen LogP contribution in [0.4, 0.5) is 13.2 Å². The largest absolute Gasteiger partial charge is 0.573 e. The number of ether oxygens (including phenoxy) is 1. The van der Waals surface area contributed by atoms with Gasteiger partial charge in [0, 0.05) is 10.6 Å². The van der Waals surface area contributed by atoms with Gasteiger partial charge in [-0.05, 0) is 42.0 Å². The number of benzene rings is 2. The van der Waals surface area contributed by atoms with Crippen LogP contribution in [0.5, 0.6) is 5.75 Å². The molecule has 0 heterocycles. The topological polar surface area (TPSA) is 50.1 Å². The van der Waals surface area contributed by atoms with Gasteiger partial charge < -0.3 is 4.74 Å². The Morgan fingerprint density at radius 2 is 1.75 bits per heavy atom. The standard InChI is InChI=1S/C17H9ClF3NO2/c18-15-4-2-1-3-12(15)9-13(10-22)16(23)11-5-7-14(8-6-11)24-17(19,20)21/h1-9H/b13-9+. The number of alkyl halides is 3. The molecule has 122 valence electrons. The Kier molecular flexibility index (Phi) is 5.27. The number of nitrogens with zero attached hydrogens (tertiary/aromatic N) is 1. The van der Waals surface area contributed by atoms with Crippen LogP contribution < -0.4 is 4.74 Å². The van der Waals surface area contributed by atoms with Crippen molar-refractivity contribution >= 4 is 23.5 Å². The maximum Gasteiger partial charge on any atom is 0.573 e. The molecule has 3 nitrogen and oxygen atoms in total. The summed E-state index contributed by atoms with van der Waals surface area (Å²) in [6.45, 7) is 0. The summed E-state index contributed by atoms with van der Waals surface area (Å²) in [7, 11) is 0. The average molecular weight is 352 g/mol. The quantitative estimate of drug-likeness (QED) is 0.441. The molecule has 0 saturated heterocycles. The fourth-order valence-electron chi connectivity index (χ4n) is 1.86. The second-order valence-electron chi connectivity index (χ2n) is 4.59. The van der Waals surface area contributed by atoms with Crippen LogP contribution in [-0.2, 0) is 0 Å². The maximum absolute atomic E-state index is 12.3. The average Bonchev–Trinajstić information content (AvgIpc) is 2.53. The number of nitriles is 1. The number of carbonyl (C=O) groups excluding carboxylic acids is 1. The number of halogens is 4. The minimum atomic E-state index is -4.81. The van der Waals surface area contributed by atoms with Gasteiger partial charge in [0.2, 0.25) is 5.78 Å². The molecule has 0 aliphatic rings. The predicted octanol–water partition coefficient (Wildman–Crippen LogP) is 5.03. The normalized spacial score (nSPS) is 11.7. The third kappa shape index (κ3) is 4.61. The van der Waals surface area contributed by atoms with Crippen molar-refractivity contribution in [1.82, 2.24) is 0 Å². The number of carbonyl (C=O) groups is 1. The molecule has 0 aliphatic carbocycles. The molecule has 2 aromatic rings. The highest BCUT2D eigenvalue weighted by Gasteiger charge is 2.31. The van der Waals surface area contributed by atoms with E-state index in [9.17, 15) is 18.0 Å². The molecule has 0 spiro atoms. The minimum Gasteiger partial charge on any atom is -0.406 e. The van der Waals surface area contributed by atoms with Crippen LogP contribution in [0.15, 0.2) is 54.1 Å². The lowest BCUT2D eigenvalue weighted by molar-refractivity contribution is -0.274. The number of Topliss-reactive ketones (excluding diaryl/α,β-unsaturated/α-hetero) is 1. The minimum absolute atomic E-state index is 0.0596. The molecule has 0 atom stereocenters. The van der Waals surface area contributed by atoms with Crippen molar-refractivity contribution in [3.63, 3.8) is 0 Å². The number of hydrogen-bond acceptors (Lipinski definition) is 3. The monoisotopic (exact) mass is 351 g/mol. The molecule has 0 unspecified atom stereocenters. The first-order valence-corrected chi connectivity index (χ1v) is 6.95. The van der Waals surface area contributed by atoms with Crippen LogP contribution in [0.2, 0.25) is 5.02 Å². The second kappa shape index (κ2) is 7.20. The molecule has 0 aromatic heterocycles. The van der Waals surface area contributed by atoms with Gasteiger partial charge >= 0.3 is 6.36 Å². The lowest BCUT2D eigenvalue weighted by Gasteiger charge is -2.09. The Morgan fingerprint density at radius 1 is 1.12 bits per heavy atom. The first-order valence-electron chi connectivity index (χ1n) is 6.57. The summed E-state index contributed by atoms with van der Waals surface area (Å²) in [5.74, 6) is -1.08. The van der Waals surface area contributed by atoms with E-state index in [-0.39, 0.29) is 11.1 Å². The SMILES string of the molecule is N#C/C(=C\c1ccccc1Cl)C(=O)c1ccc(OC(F)(F)F)cc1. The predicted molar refractivity (Wildman–Crippen MR) is 82.5 cm³/mol. The lowest BCUT2D eigenvalue weighted by atomic mass is 10.0. The van der Waals surface area contributed by atoms with Crippen LogP contribution in [0, 0.1) is 11.3 Å². The summed E-state index contributed by atoms with van der Waals surface area (Å²) in [4.78, 5) is 12.3. The molecule has 0 bridgehead atoms. The molecule has 0 aliphatic heterocycles. The fraction of sp³-hybridized carbons (Fsp3) is 0.0588. The van der Waals surface area contributed by atoms with Gasteiger partial charge in [-0.25, -0.2) is 0 Å². The van der Waals surface area contributed by atoms with E-state index in [0.29, 0.717) is 10.6 Å².